The number of nitrogens with zero attached hydrogens (tertiary/aromatic N) is 3. The molecule has 3 aromatic rings. The summed E-state index contributed by atoms with van der Waals surface area (Å²) in [4.78, 5) is 27.0. The zero-order valence-electron chi connectivity index (χ0n) is 16.3. The van der Waals surface area contributed by atoms with Crippen molar-refractivity contribution in [3.05, 3.63) is 58.8 Å². The minimum atomic E-state index is -0.192. The summed E-state index contributed by atoms with van der Waals surface area (Å²) >= 11 is 6.47. The average Bonchev–Trinajstić information content (AvgIpc) is 3.05. The third-order valence-electron chi connectivity index (χ3n) is 5.25. The Labute approximate surface area is 174 Å². The second kappa shape index (κ2) is 8.90. The van der Waals surface area contributed by atoms with Crippen molar-refractivity contribution in [1.29, 1.82) is 0 Å². The molecule has 3 heterocycles. The van der Waals surface area contributed by atoms with Gasteiger partial charge in [0.2, 0.25) is 0 Å². The molecule has 29 heavy (non-hydrogen) atoms. The smallest absolute Gasteiger partial charge is 0.252 e. The molecule has 1 fully saturated rings. The number of nitrogens with one attached hydrogen (secondary N) is 2. The molecule has 0 spiro atoms. The molecule has 8 heteroatoms. The predicted octanol–water partition coefficient (Wildman–Crippen LogP) is 3.11. The van der Waals surface area contributed by atoms with Crippen LogP contribution in [0.4, 0.5) is 0 Å². The topological polar surface area (TPSA) is 83.1 Å². The number of carbonyl (C=O) groups is 1. The van der Waals surface area contributed by atoms with E-state index in [0.29, 0.717) is 23.7 Å². The Morgan fingerprint density at radius 1 is 1.28 bits per heavy atom. The van der Waals surface area contributed by atoms with Crippen LogP contribution in [0.2, 0.25) is 5.02 Å². The number of amides is 1. The second-order valence-electron chi connectivity index (χ2n) is 7.16. The standard InChI is InChI=1S/C21H24ClN5O2/c1-14-24-11-15(12-25-14)19(27-7-2-9-29-10-8-27)13-26-21(28)17-3-4-18-16(20(17)22)5-6-23-18/h3-6,11-12,19,23H,2,7-10,13H2,1H3,(H,26,28). The molecule has 0 saturated carbocycles. The van der Waals surface area contributed by atoms with E-state index in [1.165, 1.54) is 0 Å². The fourth-order valence-corrected chi connectivity index (χ4v) is 3.98. The van der Waals surface area contributed by atoms with Crippen LogP contribution >= 0.6 is 11.6 Å². The van der Waals surface area contributed by atoms with Crippen molar-refractivity contribution in [2.45, 2.75) is 19.4 Å². The number of H-pyrrole nitrogens is 1. The number of hydrogen-bond donors (Lipinski definition) is 2. The van der Waals surface area contributed by atoms with Crippen molar-refractivity contribution in [1.82, 2.24) is 25.2 Å². The van der Waals surface area contributed by atoms with Crippen LogP contribution in [0.5, 0.6) is 0 Å². The Morgan fingerprint density at radius 2 is 2.10 bits per heavy atom. The van der Waals surface area contributed by atoms with Crippen LogP contribution in [0.1, 0.15) is 34.2 Å². The van der Waals surface area contributed by atoms with E-state index in [0.717, 1.165) is 48.4 Å². The van der Waals surface area contributed by atoms with Crippen molar-refractivity contribution in [2.75, 3.05) is 32.8 Å². The summed E-state index contributed by atoms with van der Waals surface area (Å²) in [5.74, 6) is 0.532. The Balaban J connectivity index is 1.54. The number of rotatable bonds is 5. The summed E-state index contributed by atoms with van der Waals surface area (Å²) in [5.41, 5.74) is 2.35. The first-order valence-electron chi connectivity index (χ1n) is 9.77. The van der Waals surface area contributed by atoms with Gasteiger partial charge >= 0.3 is 0 Å². The number of aromatic amines is 1. The van der Waals surface area contributed by atoms with E-state index in [1.807, 2.05) is 37.6 Å². The van der Waals surface area contributed by atoms with Crippen LogP contribution < -0.4 is 5.32 Å². The van der Waals surface area contributed by atoms with Crippen LogP contribution in [0.3, 0.4) is 0 Å². The summed E-state index contributed by atoms with van der Waals surface area (Å²) in [6, 6.07) is 5.46. The lowest BCUT2D eigenvalue weighted by Crippen LogP contribution is -2.39. The van der Waals surface area contributed by atoms with Gasteiger partial charge in [-0.3, -0.25) is 9.69 Å². The van der Waals surface area contributed by atoms with Gasteiger partial charge < -0.3 is 15.0 Å². The summed E-state index contributed by atoms with van der Waals surface area (Å²) < 4.78 is 5.59. The van der Waals surface area contributed by atoms with Crippen molar-refractivity contribution in [3.8, 4) is 0 Å². The number of aryl methyl sites for hydroxylation is 1. The summed E-state index contributed by atoms with van der Waals surface area (Å²) in [6.45, 7) is 5.42. The van der Waals surface area contributed by atoms with Crippen molar-refractivity contribution < 1.29 is 9.53 Å². The SMILES string of the molecule is Cc1ncc(C(CNC(=O)c2ccc3[nH]ccc3c2Cl)N2CCCOCC2)cn1. The Kier molecular flexibility index (Phi) is 6.08. The third-order valence-corrected chi connectivity index (χ3v) is 5.66. The molecule has 1 unspecified atom stereocenters. The van der Waals surface area contributed by atoms with E-state index in [1.54, 1.807) is 6.07 Å². The molecule has 2 N–H and O–H groups in total. The van der Waals surface area contributed by atoms with Crippen molar-refractivity contribution in [2.24, 2.45) is 0 Å². The first-order chi connectivity index (χ1) is 14.1. The lowest BCUT2D eigenvalue weighted by atomic mass is 10.1. The van der Waals surface area contributed by atoms with Crippen LogP contribution in [0.15, 0.2) is 36.8 Å². The van der Waals surface area contributed by atoms with Crippen LogP contribution in [0, 0.1) is 6.92 Å². The molecule has 152 valence electrons. The maximum absolute atomic E-state index is 12.9. The zero-order chi connectivity index (χ0) is 20.2. The number of hydrogen-bond acceptors (Lipinski definition) is 5. The fourth-order valence-electron chi connectivity index (χ4n) is 3.67. The van der Waals surface area contributed by atoms with Gasteiger partial charge in [-0.25, -0.2) is 9.97 Å². The highest BCUT2D eigenvalue weighted by Crippen LogP contribution is 2.27. The number of fused-ring (bicyclic) bond motifs is 1. The Hall–Kier alpha value is -2.48. The molecule has 1 saturated heterocycles. The lowest BCUT2D eigenvalue weighted by molar-refractivity contribution is 0.0928. The van der Waals surface area contributed by atoms with E-state index in [-0.39, 0.29) is 11.9 Å². The number of benzene rings is 1. The Morgan fingerprint density at radius 3 is 2.93 bits per heavy atom. The van der Waals surface area contributed by atoms with Gasteiger partial charge in [-0.2, -0.15) is 0 Å². The first-order valence-corrected chi connectivity index (χ1v) is 10.2. The largest absolute Gasteiger partial charge is 0.380 e. The maximum Gasteiger partial charge on any atom is 0.252 e. The molecule has 1 aliphatic rings. The molecular weight excluding hydrogens is 390 g/mol. The summed E-state index contributed by atoms with van der Waals surface area (Å²) in [5, 5.41) is 4.35. The maximum atomic E-state index is 12.9. The van der Waals surface area contributed by atoms with Gasteiger partial charge in [0, 0.05) is 61.3 Å². The highest BCUT2D eigenvalue weighted by Gasteiger charge is 2.24. The highest BCUT2D eigenvalue weighted by molar-refractivity contribution is 6.38. The molecule has 2 aromatic heterocycles. The van der Waals surface area contributed by atoms with Gasteiger partial charge in [0.25, 0.3) is 5.91 Å². The number of ether oxygens (including phenoxy) is 1. The monoisotopic (exact) mass is 413 g/mol. The molecule has 1 amide bonds. The third kappa shape index (κ3) is 4.42. The minimum Gasteiger partial charge on any atom is -0.380 e. The molecular formula is C21H24ClN5O2. The molecule has 0 bridgehead atoms. The predicted molar refractivity (Wildman–Crippen MR) is 112 cm³/mol. The lowest BCUT2D eigenvalue weighted by Gasteiger charge is -2.30. The highest BCUT2D eigenvalue weighted by atomic mass is 35.5. The quantitative estimate of drug-likeness (QED) is 0.671. The molecule has 4 rings (SSSR count). The van der Waals surface area contributed by atoms with E-state index >= 15 is 0 Å². The Bertz CT molecular complexity index is 980. The number of aromatic nitrogens is 3. The molecule has 1 aliphatic heterocycles. The van der Waals surface area contributed by atoms with Crippen LogP contribution in [0.25, 0.3) is 10.9 Å². The van der Waals surface area contributed by atoms with Crippen molar-refractivity contribution >= 4 is 28.4 Å². The summed E-state index contributed by atoms with van der Waals surface area (Å²) in [6.07, 6.45) is 6.44. The molecule has 1 atom stereocenters. The van der Waals surface area contributed by atoms with Crippen LogP contribution in [-0.2, 0) is 4.74 Å². The van der Waals surface area contributed by atoms with Gasteiger partial charge in [0.05, 0.1) is 23.2 Å². The second-order valence-corrected chi connectivity index (χ2v) is 7.54. The van der Waals surface area contributed by atoms with Crippen molar-refractivity contribution in [3.63, 3.8) is 0 Å². The first kappa shape index (κ1) is 19.8. The van der Waals surface area contributed by atoms with Gasteiger partial charge in [-0.15, -0.1) is 0 Å². The van der Waals surface area contributed by atoms with Gasteiger partial charge in [0.15, 0.2) is 0 Å². The van der Waals surface area contributed by atoms with E-state index in [4.69, 9.17) is 16.3 Å². The van der Waals surface area contributed by atoms with E-state index in [9.17, 15) is 4.79 Å². The average molecular weight is 414 g/mol. The van der Waals surface area contributed by atoms with Crippen LogP contribution in [-0.4, -0.2) is 58.6 Å². The molecule has 0 aliphatic carbocycles. The van der Waals surface area contributed by atoms with Gasteiger partial charge in [-0.1, -0.05) is 11.6 Å². The number of halogens is 1. The molecule has 0 radical (unpaired) electrons. The molecule has 7 nitrogen and oxygen atoms in total. The van der Waals surface area contributed by atoms with E-state index < -0.39 is 0 Å². The summed E-state index contributed by atoms with van der Waals surface area (Å²) in [7, 11) is 0. The van der Waals surface area contributed by atoms with Gasteiger partial charge in [-0.05, 0) is 31.5 Å². The minimum absolute atomic E-state index is 0.0315. The van der Waals surface area contributed by atoms with E-state index in [2.05, 4.69) is 25.2 Å². The zero-order valence-corrected chi connectivity index (χ0v) is 17.1. The fraction of sp³-hybridized carbons (Fsp3) is 0.381. The molecule has 1 aromatic carbocycles. The normalized spacial score (nSPS) is 16.5. The number of carbonyl (C=O) groups excluding carboxylic acids is 1. The van der Waals surface area contributed by atoms with Gasteiger partial charge in [0.1, 0.15) is 5.82 Å².